The van der Waals surface area contributed by atoms with Gasteiger partial charge in [-0.1, -0.05) is 37.2 Å². The monoisotopic (exact) mass is 269 g/mol. The lowest BCUT2D eigenvalue weighted by Gasteiger charge is -2.11. The van der Waals surface area contributed by atoms with Gasteiger partial charge < -0.3 is 15.2 Å². The fourth-order valence-corrected chi connectivity index (χ4v) is 1.71. The Morgan fingerprint density at radius 3 is 2.94 bits per heavy atom. The van der Waals surface area contributed by atoms with Gasteiger partial charge in [-0.15, -0.1) is 0 Å². The van der Waals surface area contributed by atoms with Crippen molar-refractivity contribution in [1.82, 2.24) is 5.32 Å². The van der Waals surface area contributed by atoms with E-state index in [0.29, 0.717) is 17.4 Å². The highest BCUT2D eigenvalue weighted by molar-refractivity contribution is 6.32. The van der Waals surface area contributed by atoms with Gasteiger partial charge in [0.05, 0.1) is 5.02 Å². The molecule has 1 unspecified atom stereocenters. The summed E-state index contributed by atoms with van der Waals surface area (Å²) >= 11 is 6.11. The zero-order chi connectivity index (χ0) is 13.4. The topological polar surface area (TPSA) is 41.5 Å². The molecule has 2 N–H and O–H groups in total. The quantitative estimate of drug-likeness (QED) is 0.713. The zero-order valence-corrected chi connectivity index (χ0v) is 11.4. The molecule has 0 bridgehead atoms. The predicted molar refractivity (Wildman–Crippen MR) is 75.1 cm³/mol. The number of hydrogen-bond acceptors (Lipinski definition) is 3. The molecule has 0 spiro atoms. The van der Waals surface area contributed by atoms with Gasteiger partial charge in [0.15, 0.2) is 0 Å². The second-order valence-electron chi connectivity index (χ2n) is 4.28. The van der Waals surface area contributed by atoms with Crippen LogP contribution in [0.1, 0.15) is 12.5 Å². The van der Waals surface area contributed by atoms with E-state index in [1.165, 1.54) is 0 Å². The Morgan fingerprint density at radius 1 is 1.56 bits per heavy atom. The van der Waals surface area contributed by atoms with Crippen LogP contribution in [0.15, 0.2) is 30.9 Å². The van der Waals surface area contributed by atoms with E-state index in [4.69, 9.17) is 21.4 Å². The molecule has 100 valence electrons. The van der Waals surface area contributed by atoms with Crippen LogP contribution in [0, 0.1) is 5.92 Å². The molecule has 0 amide bonds. The molecule has 0 saturated heterocycles. The van der Waals surface area contributed by atoms with Crippen LogP contribution >= 0.6 is 11.6 Å². The number of hydrogen-bond donors (Lipinski definition) is 2. The second kappa shape index (κ2) is 8.14. The Labute approximate surface area is 113 Å². The molecule has 0 aliphatic carbocycles. The number of halogens is 1. The molecule has 18 heavy (non-hydrogen) atoms. The normalized spacial score (nSPS) is 12.2. The van der Waals surface area contributed by atoms with E-state index in [9.17, 15) is 0 Å². The van der Waals surface area contributed by atoms with Crippen LogP contribution in [0.3, 0.4) is 0 Å². The van der Waals surface area contributed by atoms with Gasteiger partial charge in [-0.2, -0.15) is 0 Å². The van der Waals surface area contributed by atoms with Gasteiger partial charge in [-0.25, -0.2) is 0 Å². The molecule has 1 atom stereocenters. The summed E-state index contributed by atoms with van der Waals surface area (Å²) in [6, 6.07) is 5.72. The number of aliphatic hydroxyl groups is 1. The molecule has 0 aliphatic rings. The Bertz CT molecular complexity index is 382. The summed E-state index contributed by atoms with van der Waals surface area (Å²) in [6.45, 7) is 7.74. The summed E-state index contributed by atoms with van der Waals surface area (Å²) < 4.78 is 5.40. The Kier molecular flexibility index (Phi) is 6.80. The average molecular weight is 270 g/mol. The average Bonchev–Trinajstić information content (AvgIpc) is 2.37. The number of rotatable bonds is 8. The SMILES string of the molecule is C=CCOc1ccc(CNCC(C)CO)cc1Cl. The Morgan fingerprint density at radius 2 is 2.33 bits per heavy atom. The summed E-state index contributed by atoms with van der Waals surface area (Å²) in [5.41, 5.74) is 1.09. The van der Waals surface area contributed by atoms with Crippen LogP contribution in [0.5, 0.6) is 5.75 Å². The summed E-state index contributed by atoms with van der Waals surface area (Å²) in [7, 11) is 0. The van der Waals surface area contributed by atoms with Crippen LogP contribution < -0.4 is 10.1 Å². The molecule has 1 aromatic rings. The summed E-state index contributed by atoms with van der Waals surface area (Å²) in [5.74, 6) is 0.930. The first kappa shape index (κ1) is 15.0. The van der Waals surface area contributed by atoms with Crippen molar-refractivity contribution >= 4 is 11.6 Å². The zero-order valence-electron chi connectivity index (χ0n) is 10.7. The van der Waals surface area contributed by atoms with Gasteiger partial charge in [-0.05, 0) is 23.6 Å². The van der Waals surface area contributed by atoms with E-state index in [-0.39, 0.29) is 12.5 Å². The van der Waals surface area contributed by atoms with E-state index in [0.717, 1.165) is 18.7 Å². The molecule has 0 heterocycles. The number of nitrogens with one attached hydrogen (secondary N) is 1. The van der Waals surface area contributed by atoms with E-state index >= 15 is 0 Å². The smallest absolute Gasteiger partial charge is 0.138 e. The maximum absolute atomic E-state index is 8.91. The van der Waals surface area contributed by atoms with Crippen molar-refractivity contribution < 1.29 is 9.84 Å². The fourth-order valence-electron chi connectivity index (χ4n) is 1.45. The Hall–Kier alpha value is -1.03. The summed E-state index contributed by atoms with van der Waals surface area (Å²) in [5, 5.41) is 12.8. The van der Waals surface area contributed by atoms with Crippen molar-refractivity contribution in [3.63, 3.8) is 0 Å². The third-order valence-corrected chi connectivity index (χ3v) is 2.78. The van der Waals surface area contributed by atoms with Crippen LogP contribution in [0.25, 0.3) is 0 Å². The van der Waals surface area contributed by atoms with E-state index in [2.05, 4.69) is 11.9 Å². The van der Waals surface area contributed by atoms with Gasteiger partial charge in [0.1, 0.15) is 12.4 Å². The van der Waals surface area contributed by atoms with Crippen molar-refractivity contribution in [3.05, 3.63) is 41.4 Å². The van der Waals surface area contributed by atoms with Crippen LogP contribution in [-0.2, 0) is 6.54 Å². The van der Waals surface area contributed by atoms with Crippen LogP contribution in [0.2, 0.25) is 5.02 Å². The molecule has 3 nitrogen and oxygen atoms in total. The molecule has 0 aliphatic heterocycles. The molecule has 0 fully saturated rings. The Balaban J connectivity index is 2.48. The van der Waals surface area contributed by atoms with Crippen molar-refractivity contribution in [2.45, 2.75) is 13.5 Å². The van der Waals surface area contributed by atoms with Crippen molar-refractivity contribution in [3.8, 4) is 5.75 Å². The maximum Gasteiger partial charge on any atom is 0.138 e. The van der Waals surface area contributed by atoms with Gasteiger partial charge in [0, 0.05) is 19.7 Å². The molecule has 4 heteroatoms. The van der Waals surface area contributed by atoms with Gasteiger partial charge in [0.2, 0.25) is 0 Å². The van der Waals surface area contributed by atoms with E-state index in [1.54, 1.807) is 6.08 Å². The third kappa shape index (κ3) is 5.08. The van der Waals surface area contributed by atoms with Crippen molar-refractivity contribution in [1.29, 1.82) is 0 Å². The minimum absolute atomic E-state index is 0.197. The lowest BCUT2D eigenvalue weighted by atomic mass is 10.2. The van der Waals surface area contributed by atoms with Crippen molar-refractivity contribution in [2.24, 2.45) is 5.92 Å². The first-order valence-corrected chi connectivity index (χ1v) is 6.39. The first-order chi connectivity index (χ1) is 8.67. The van der Waals surface area contributed by atoms with Crippen LogP contribution in [-0.4, -0.2) is 24.9 Å². The molecule has 0 radical (unpaired) electrons. The molecule has 1 aromatic carbocycles. The molecule has 0 aromatic heterocycles. The number of benzene rings is 1. The number of ether oxygens (including phenoxy) is 1. The molecular weight excluding hydrogens is 250 g/mol. The van der Waals surface area contributed by atoms with Gasteiger partial charge in [-0.3, -0.25) is 0 Å². The van der Waals surface area contributed by atoms with Gasteiger partial charge in [0.25, 0.3) is 0 Å². The first-order valence-electron chi connectivity index (χ1n) is 6.01. The van der Waals surface area contributed by atoms with Crippen LogP contribution in [0.4, 0.5) is 0 Å². The number of aliphatic hydroxyl groups excluding tert-OH is 1. The van der Waals surface area contributed by atoms with E-state index < -0.39 is 0 Å². The molecular formula is C14H20ClNO2. The third-order valence-electron chi connectivity index (χ3n) is 2.49. The minimum Gasteiger partial charge on any atom is -0.488 e. The standard InChI is InChI=1S/C14H20ClNO2/c1-3-6-18-14-5-4-12(7-13(14)15)9-16-8-11(2)10-17/h3-5,7,11,16-17H,1,6,8-10H2,2H3. The lowest BCUT2D eigenvalue weighted by molar-refractivity contribution is 0.233. The summed E-state index contributed by atoms with van der Waals surface area (Å²) in [4.78, 5) is 0. The highest BCUT2D eigenvalue weighted by atomic mass is 35.5. The van der Waals surface area contributed by atoms with E-state index in [1.807, 2.05) is 25.1 Å². The predicted octanol–water partition coefficient (Wildman–Crippen LogP) is 2.62. The second-order valence-corrected chi connectivity index (χ2v) is 4.69. The molecule has 1 rings (SSSR count). The minimum atomic E-state index is 0.197. The summed E-state index contributed by atoms with van der Waals surface area (Å²) in [6.07, 6.45) is 1.68. The lowest BCUT2D eigenvalue weighted by Crippen LogP contribution is -2.22. The maximum atomic E-state index is 8.91. The molecule has 0 saturated carbocycles. The fraction of sp³-hybridized carbons (Fsp3) is 0.429. The van der Waals surface area contributed by atoms with Gasteiger partial charge >= 0.3 is 0 Å². The van der Waals surface area contributed by atoms with Crippen molar-refractivity contribution in [2.75, 3.05) is 19.8 Å². The highest BCUT2D eigenvalue weighted by Crippen LogP contribution is 2.25. The highest BCUT2D eigenvalue weighted by Gasteiger charge is 2.03. The largest absolute Gasteiger partial charge is 0.488 e.